The van der Waals surface area contributed by atoms with E-state index in [1.165, 1.54) is 25.2 Å². The Morgan fingerprint density at radius 1 is 1.03 bits per heavy atom. The number of unbranched alkanes of at least 4 members (excludes halogenated alkanes) is 1. The van der Waals surface area contributed by atoms with Crippen LogP contribution in [0.1, 0.15) is 38.7 Å². The molecule has 0 aromatic heterocycles. The summed E-state index contributed by atoms with van der Waals surface area (Å²) in [6.07, 6.45) is 3.71. The van der Waals surface area contributed by atoms with Crippen molar-refractivity contribution in [2.24, 2.45) is 0 Å². The van der Waals surface area contributed by atoms with Crippen LogP contribution in [0.5, 0.6) is 11.5 Å². The first kappa shape index (κ1) is 30.0. The van der Waals surface area contributed by atoms with Crippen molar-refractivity contribution in [3.8, 4) is 11.5 Å². The van der Waals surface area contributed by atoms with E-state index in [1.807, 2.05) is 44.2 Å². The number of benzene rings is 2. The molecule has 2 amide bonds. The number of carbonyl (C=O) groups is 2. The molecule has 204 valence electrons. The third-order valence-corrected chi connectivity index (χ3v) is 7.16. The van der Waals surface area contributed by atoms with Crippen molar-refractivity contribution in [1.82, 2.24) is 10.2 Å². The van der Waals surface area contributed by atoms with Gasteiger partial charge in [0.05, 0.1) is 26.2 Å². The molecule has 1 atom stereocenters. The molecule has 0 aliphatic heterocycles. The lowest BCUT2D eigenvalue weighted by Crippen LogP contribution is -2.53. The number of amides is 2. The van der Waals surface area contributed by atoms with Gasteiger partial charge in [0.2, 0.25) is 21.8 Å². The molecule has 0 unspecified atom stereocenters. The molecule has 0 spiro atoms. The van der Waals surface area contributed by atoms with Crippen molar-refractivity contribution in [2.75, 3.05) is 44.4 Å². The number of nitrogens with one attached hydrogen (secondary N) is 1. The predicted molar refractivity (Wildman–Crippen MR) is 146 cm³/mol. The number of hydrogen-bond acceptors (Lipinski definition) is 6. The fraction of sp³-hybridized carbons (Fsp3) is 0.481. The first-order valence-corrected chi connectivity index (χ1v) is 14.3. The quantitative estimate of drug-likeness (QED) is 0.353. The number of rotatable bonds is 15. The Morgan fingerprint density at radius 2 is 1.73 bits per heavy atom. The first-order chi connectivity index (χ1) is 17.7. The normalized spacial score (nSPS) is 11.9. The topological polar surface area (TPSA) is 105 Å². The van der Waals surface area contributed by atoms with Crippen LogP contribution < -0.4 is 19.1 Å². The van der Waals surface area contributed by atoms with E-state index in [-0.39, 0.29) is 23.9 Å². The zero-order valence-electron chi connectivity index (χ0n) is 22.4. The maximum Gasteiger partial charge on any atom is 0.244 e. The lowest BCUT2D eigenvalue weighted by molar-refractivity contribution is -0.139. The van der Waals surface area contributed by atoms with Gasteiger partial charge >= 0.3 is 0 Å². The highest BCUT2D eigenvalue weighted by Gasteiger charge is 2.32. The molecular formula is C27H39N3O6S. The first-order valence-electron chi connectivity index (χ1n) is 12.5. The van der Waals surface area contributed by atoms with Gasteiger partial charge < -0.3 is 19.7 Å². The van der Waals surface area contributed by atoms with Crippen molar-refractivity contribution in [3.05, 3.63) is 54.1 Å². The molecule has 0 saturated carbocycles. The third kappa shape index (κ3) is 8.66. The van der Waals surface area contributed by atoms with Crippen molar-refractivity contribution >= 4 is 27.5 Å². The molecule has 0 fully saturated rings. The number of sulfonamides is 1. The average molecular weight is 534 g/mol. The lowest BCUT2D eigenvalue weighted by atomic mass is 10.1. The predicted octanol–water partition coefficient (Wildman–Crippen LogP) is 3.24. The summed E-state index contributed by atoms with van der Waals surface area (Å²) in [5.41, 5.74) is 1.22. The number of methoxy groups -OCH3 is 2. The van der Waals surface area contributed by atoms with Crippen LogP contribution in [0.3, 0.4) is 0 Å². The smallest absolute Gasteiger partial charge is 0.244 e. The maximum absolute atomic E-state index is 13.7. The number of hydrogen-bond donors (Lipinski definition) is 1. The average Bonchev–Trinajstić information content (AvgIpc) is 2.89. The van der Waals surface area contributed by atoms with E-state index < -0.39 is 28.5 Å². The van der Waals surface area contributed by atoms with Gasteiger partial charge in [0.15, 0.2) is 0 Å². The summed E-state index contributed by atoms with van der Waals surface area (Å²) in [5.74, 6) is 0.0134. The minimum absolute atomic E-state index is 0.211. The van der Waals surface area contributed by atoms with Gasteiger partial charge in [0, 0.05) is 19.2 Å². The van der Waals surface area contributed by atoms with E-state index in [4.69, 9.17) is 9.47 Å². The molecule has 2 rings (SSSR count). The third-order valence-electron chi connectivity index (χ3n) is 6.03. The van der Waals surface area contributed by atoms with E-state index in [0.717, 1.165) is 29.0 Å². The Hall–Kier alpha value is -3.27. The number of nitrogens with zero attached hydrogens (tertiary/aromatic N) is 2. The van der Waals surface area contributed by atoms with Crippen molar-refractivity contribution in [1.29, 1.82) is 0 Å². The van der Waals surface area contributed by atoms with Gasteiger partial charge in [0.25, 0.3) is 0 Å². The van der Waals surface area contributed by atoms with Crippen LogP contribution in [-0.4, -0.2) is 71.3 Å². The number of anilines is 1. The van der Waals surface area contributed by atoms with Gasteiger partial charge in [-0.05, 0) is 37.0 Å². The Kier molecular flexibility index (Phi) is 11.7. The van der Waals surface area contributed by atoms with Crippen LogP contribution >= 0.6 is 0 Å². The highest BCUT2D eigenvalue weighted by atomic mass is 32.2. The van der Waals surface area contributed by atoms with Crippen LogP contribution in [0.4, 0.5) is 5.69 Å². The highest BCUT2D eigenvalue weighted by Crippen LogP contribution is 2.33. The highest BCUT2D eigenvalue weighted by molar-refractivity contribution is 7.92. The summed E-state index contributed by atoms with van der Waals surface area (Å²) in [6.45, 7) is 4.18. The molecule has 0 saturated heterocycles. The summed E-state index contributed by atoms with van der Waals surface area (Å²) in [5, 5.41) is 2.92. The second-order valence-electron chi connectivity index (χ2n) is 8.70. The second kappa shape index (κ2) is 14.5. The Labute approximate surface area is 220 Å². The van der Waals surface area contributed by atoms with Crippen molar-refractivity contribution in [2.45, 2.75) is 45.6 Å². The van der Waals surface area contributed by atoms with E-state index >= 15 is 0 Å². The van der Waals surface area contributed by atoms with Gasteiger partial charge in [-0.3, -0.25) is 13.9 Å². The molecule has 37 heavy (non-hydrogen) atoms. The zero-order valence-corrected chi connectivity index (χ0v) is 23.2. The van der Waals surface area contributed by atoms with Crippen LogP contribution in [0.25, 0.3) is 0 Å². The fourth-order valence-electron chi connectivity index (χ4n) is 3.99. The van der Waals surface area contributed by atoms with Gasteiger partial charge in [-0.2, -0.15) is 0 Å². The van der Waals surface area contributed by atoms with Crippen molar-refractivity contribution < 1.29 is 27.5 Å². The minimum Gasteiger partial charge on any atom is -0.497 e. The SMILES string of the molecule is CCCCNC(=O)[C@@H](CC)N(CCc1ccccc1)C(=O)CN(c1ccc(OC)cc1OC)S(C)(=O)=O. The molecule has 2 aromatic carbocycles. The largest absolute Gasteiger partial charge is 0.497 e. The Balaban J connectivity index is 2.40. The maximum atomic E-state index is 13.7. The van der Waals surface area contributed by atoms with Gasteiger partial charge in [-0.25, -0.2) is 8.42 Å². The monoisotopic (exact) mass is 533 g/mol. The van der Waals surface area contributed by atoms with Crippen LogP contribution in [0.2, 0.25) is 0 Å². The van der Waals surface area contributed by atoms with Gasteiger partial charge in [-0.15, -0.1) is 0 Å². The van der Waals surface area contributed by atoms with E-state index in [0.29, 0.717) is 25.1 Å². The second-order valence-corrected chi connectivity index (χ2v) is 10.6. The molecule has 10 heteroatoms. The minimum atomic E-state index is -3.87. The summed E-state index contributed by atoms with van der Waals surface area (Å²) in [4.78, 5) is 28.3. The van der Waals surface area contributed by atoms with E-state index in [1.54, 1.807) is 12.1 Å². The van der Waals surface area contributed by atoms with E-state index in [9.17, 15) is 18.0 Å². The standard InChI is InChI=1S/C27H39N3O6S/c1-6-8-17-28-27(32)23(7-2)29(18-16-21-12-10-9-11-13-21)26(31)20-30(37(5,33)34)24-15-14-22(35-3)19-25(24)36-4/h9-15,19,23H,6-8,16-18,20H2,1-5H3,(H,28,32)/t23-/m1/s1. The molecule has 0 aliphatic rings. The summed E-state index contributed by atoms with van der Waals surface area (Å²) >= 11 is 0. The summed E-state index contributed by atoms with van der Waals surface area (Å²) in [7, 11) is -0.961. The molecule has 1 N–H and O–H groups in total. The zero-order chi connectivity index (χ0) is 27.4. The molecular weight excluding hydrogens is 494 g/mol. The van der Waals surface area contributed by atoms with Crippen LogP contribution in [0.15, 0.2) is 48.5 Å². The lowest BCUT2D eigenvalue weighted by Gasteiger charge is -2.33. The van der Waals surface area contributed by atoms with Crippen LogP contribution in [0, 0.1) is 0 Å². The molecule has 0 aliphatic carbocycles. The molecule has 0 radical (unpaired) electrons. The van der Waals surface area contributed by atoms with Crippen molar-refractivity contribution in [3.63, 3.8) is 0 Å². The number of carbonyl (C=O) groups excluding carboxylic acids is 2. The molecule has 0 bridgehead atoms. The van der Waals surface area contributed by atoms with Gasteiger partial charge in [0.1, 0.15) is 24.1 Å². The summed E-state index contributed by atoms with van der Waals surface area (Å²) in [6, 6.07) is 13.6. The molecule has 0 heterocycles. The molecule has 9 nitrogen and oxygen atoms in total. The van der Waals surface area contributed by atoms with E-state index in [2.05, 4.69) is 5.32 Å². The Bertz CT molecular complexity index is 1120. The fourth-order valence-corrected chi connectivity index (χ4v) is 4.84. The number of ether oxygens (including phenoxy) is 2. The Morgan fingerprint density at radius 3 is 2.30 bits per heavy atom. The summed E-state index contributed by atoms with van der Waals surface area (Å²) < 4.78 is 37.3. The van der Waals surface area contributed by atoms with Crippen LogP contribution in [-0.2, 0) is 26.0 Å². The van der Waals surface area contributed by atoms with Gasteiger partial charge in [-0.1, -0.05) is 50.6 Å². The molecule has 2 aromatic rings.